The van der Waals surface area contributed by atoms with Crippen molar-refractivity contribution in [2.24, 2.45) is 0 Å². The number of carbonyl (C=O) groups excluding carboxylic acids is 1. The van der Waals surface area contributed by atoms with Crippen LogP contribution in [0.25, 0.3) is 0 Å². The molecule has 2 atom stereocenters. The van der Waals surface area contributed by atoms with Gasteiger partial charge in [0.25, 0.3) is 0 Å². The van der Waals surface area contributed by atoms with E-state index in [2.05, 4.69) is 23.2 Å². The van der Waals surface area contributed by atoms with E-state index in [1.807, 2.05) is 4.90 Å². The Balaban J connectivity index is 1.47. The third-order valence-corrected chi connectivity index (χ3v) is 8.63. The maximum atomic E-state index is 14.4. The molecule has 1 amide bonds. The quantitative estimate of drug-likeness (QED) is 0.405. The second-order valence-corrected chi connectivity index (χ2v) is 11.3. The van der Waals surface area contributed by atoms with Gasteiger partial charge in [0.2, 0.25) is 5.91 Å². The first-order valence-corrected chi connectivity index (χ1v) is 14.1. The van der Waals surface area contributed by atoms with Gasteiger partial charge in [0, 0.05) is 43.0 Å². The summed E-state index contributed by atoms with van der Waals surface area (Å²) in [6.07, 6.45) is 5.68. The van der Waals surface area contributed by atoms with Crippen LogP contribution in [0.4, 0.5) is 23.2 Å². The Morgan fingerprint density at radius 2 is 1.82 bits per heavy atom. The zero-order chi connectivity index (χ0) is 27.6. The molecule has 4 nitrogen and oxygen atoms in total. The van der Waals surface area contributed by atoms with E-state index in [1.165, 1.54) is 43.5 Å². The van der Waals surface area contributed by atoms with Gasteiger partial charge in [0.05, 0.1) is 11.1 Å². The monoisotopic (exact) mass is 543 g/mol. The number of rotatable bonds is 5. The molecule has 0 radical (unpaired) electrons. The van der Waals surface area contributed by atoms with Crippen LogP contribution in [0.15, 0.2) is 60.3 Å². The summed E-state index contributed by atoms with van der Waals surface area (Å²) in [5, 5.41) is 3.83. The fourth-order valence-electron chi connectivity index (χ4n) is 6.70. The van der Waals surface area contributed by atoms with E-state index in [0.29, 0.717) is 56.1 Å². The highest BCUT2D eigenvalue weighted by Gasteiger charge is 2.49. The first-order valence-electron chi connectivity index (χ1n) is 14.1. The van der Waals surface area contributed by atoms with E-state index < -0.39 is 17.3 Å². The second kappa shape index (κ2) is 11.3. The van der Waals surface area contributed by atoms with E-state index in [4.69, 9.17) is 0 Å². The third kappa shape index (κ3) is 6.01. The van der Waals surface area contributed by atoms with Crippen LogP contribution < -0.4 is 10.2 Å². The van der Waals surface area contributed by atoms with Crippen molar-refractivity contribution < 1.29 is 22.4 Å². The molecule has 210 valence electrons. The zero-order valence-electron chi connectivity index (χ0n) is 22.4. The largest absolute Gasteiger partial charge is 0.416 e. The lowest BCUT2D eigenvalue weighted by Crippen LogP contribution is -2.63. The molecule has 8 heteroatoms. The predicted molar refractivity (Wildman–Crippen MR) is 144 cm³/mol. The average molecular weight is 544 g/mol. The van der Waals surface area contributed by atoms with Gasteiger partial charge in [0.15, 0.2) is 0 Å². The van der Waals surface area contributed by atoms with Crippen LogP contribution in [-0.2, 0) is 17.5 Å². The van der Waals surface area contributed by atoms with Crippen LogP contribution in [0.5, 0.6) is 0 Å². The van der Waals surface area contributed by atoms with Crippen molar-refractivity contribution in [2.75, 3.05) is 11.4 Å². The fraction of sp³-hybridized carbons (Fsp3) is 0.516. The minimum Gasteiger partial charge on any atom is -0.384 e. The minimum absolute atomic E-state index is 0.0215. The molecule has 1 saturated carbocycles. The number of hydrogen-bond donors (Lipinski definition) is 1. The maximum Gasteiger partial charge on any atom is 0.416 e. The normalized spacial score (nSPS) is 25.5. The number of amides is 1. The average Bonchev–Trinajstić information content (AvgIpc) is 3.02. The zero-order valence-corrected chi connectivity index (χ0v) is 22.4. The lowest BCUT2D eigenvalue weighted by Gasteiger charge is -2.52. The number of alkyl halides is 3. The van der Waals surface area contributed by atoms with Gasteiger partial charge in [-0.3, -0.25) is 9.69 Å². The van der Waals surface area contributed by atoms with Crippen LogP contribution >= 0.6 is 0 Å². The van der Waals surface area contributed by atoms with Crippen molar-refractivity contribution in [3.05, 3.63) is 77.2 Å². The molecule has 5 rings (SSSR count). The molecule has 1 N–H and O–H groups in total. The van der Waals surface area contributed by atoms with Gasteiger partial charge in [-0.2, -0.15) is 13.2 Å². The first kappa shape index (κ1) is 27.7. The topological polar surface area (TPSA) is 35.6 Å². The minimum atomic E-state index is -4.38. The van der Waals surface area contributed by atoms with Gasteiger partial charge in [-0.25, -0.2) is 4.39 Å². The Morgan fingerprint density at radius 1 is 1.05 bits per heavy atom. The Labute approximate surface area is 228 Å². The highest BCUT2D eigenvalue weighted by molar-refractivity contribution is 5.96. The number of halogens is 4. The summed E-state index contributed by atoms with van der Waals surface area (Å²) in [5.41, 5.74) is 0.881. The number of piperidine rings is 1. The molecule has 2 aliphatic heterocycles. The second-order valence-electron chi connectivity index (χ2n) is 11.3. The van der Waals surface area contributed by atoms with Crippen LogP contribution in [0, 0.1) is 5.82 Å². The molecule has 2 unspecified atom stereocenters. The van der Waals surface area contributed by atoms with Gasteiger partial charge in [-0.05, 0) is 68.9 Å². The van der Waals surface area contributed by atoms with Crippen LogP contribution in [0.3, 0.4) is 0 Å². The Morgan fingerprint density at radius 3 is 2.54 bits per heavy atom. The number of benzene rings is 2. The number of likely N-dealkylation sites (tertiary alicyclic amines) is 1. The Kier molecular flexibility index (Phi) is 8.04. The summed E-state index contributed by atoms with van der Waals surface area (Å²) in [4.78, 5) is 17.7. The van der Waals surface area contributed by atoms with Crippen molar-refractivity contribution in [3.63, 3.8) is 0 Å². The molecule has 1 aliphatic carbocycles. The molecule has 2 aromatic carbocycles. The lowest BCUT2D eigenvalue weighted by atomic mass is 9.78. The SMILES string of the molecule is CC1CC2(CCN1Cc1cccc(C(F)(F)F)c1)C(NC1CCCCC1)=CCCC(=O)N2c1cccc(F)c1. The van der Waals surface area contributed by atoms with Gasteiger partial charge in [-0.1, -0.05) is 49.6 Å². The Bertz CT molecular complexity index is 1210. The van der Waals surface area contributed by atoms with Crippen molar-refractivity contribution in [1.82, 2.24) is 10.2 Å². The molecule has 1 saturated heterocycles. The summed E-state index contributed by atoms with van der Waals surface area (Å²) >= 11 is 0. The molecule has 0 aromatic heterocycles. The van der Waals surface area contributed by atoms with E-state index in [-0.39, 0.29) is 17.8 Å². The van der Waals surface area contributed by atoms with Crippen LogP contribution in [0.2, 0.25) is 0 Å². The summed E-state index contributed by atoms with van der Waals surface area (Å²) in [7, 11) is 0. The molecular formula is C31H37F4N3O. The molecular weight excluding hydrogens is 506 g/mol. The lowest BCUT2D eigenvalue weighted by molar-refractivity contribution is -0.137. The molecule has 2 aromatic rings. The van der Waals surface area contributed by atoms with Gasteiger partial charge in [0.1, 0.15) is 5.82 Å². The smallest absolute Gasteiger partial charge is 0.384 e. The summed E-state index contributed by atoms with van der Waals surface area (Å²) in [5.74, 6) is -0.420. The summed E-state index contributed by atoms with van der Waals surface area (Å²) in [6.45, 7) is 3.07. The maximum absolute atomic E-state index is 14.4. The highest BCUT2D eigenvalue weighted by Crippen LogP contribution is 2.43. The first-order chi connectivity index (χ1) is 18.7. The standard InChI is InChI=1S/C31H37F4N3O/c1-22-20-30(16-17-37(22)21-23-8-5-9-24(18-23)31(33,34)35)28(36-26-11-3-2-4-12-26)14-7-15-29(39)38(30)27-13-6-10-25(32)19-27/h5-6,8-10,13-14,18-19,22,26,36H,2-4,7,11-12,15-17,20-21H2,1H3. The fourth-order valence-corrected chi connectivity index (χ4v) is 6.70. The van der Waals surface area contributed by atoms with E-state index in [1.54, 1.807) is 18.2 Å². The van der Waals surface area contributed by atoms with Gasteiger partial charge >= 0.3 is 6.18 Å². The van der Waals surface area contributed by atoms with Crippen molar-refractivity contribution >= 4 is 11.6 Å². The van der Waals surface area contributed by atoms with Gasteiger partial charge < -0.3 is 10.2 Å². The van der Waals surface area contributed by atoms with Crippen molar-refractivity contribution in [2.45, 2.75) is 95.1 Å². The van der Waals surface area contributed by atoms with Crippen LogP contribution in [-0.4, -0.2) is 35.0 Å². The molecule has 0 bridgehead atoms. The molecule has 2 fully saturated rings. The van der Waals surface area contributed by atoms with E-state index in [0.717, 1.165) is 24.6 Å². The van der Waals surface area contributed by atoms with Gasteiger partial charge in [-0.15, -0.1) is 0 Å². The van der Waals surface area contributed by atoms with E-state index >= 15 is 0 Å². The van der Waals surface area contributed by atoms with Crippen molar-refractivity contribution in [1.29, 1.82) is 0 Å². The van der Waals surface area contributed by atoms with Crippen LogP contribution in [0.1, 0.15) is 75.8 Å². The molecule has 2 heterocycles. The third-order valence-electron chi connectivity index (χ3n) is 8.63. The number of nitrogens with zero attached hydrogens (tertiary/aromatic N) is 2. The number of hydrogen-bond acceptors (Lipinski definition) is 3. The van der Waals surface area contributed by atoms with Crippen molar-refractivity contribution in [3.8, 4) is 0 Å². The number of anilines is 1. The Hall–Kier alpha value is -2.87. The summed E-state index contributed by atoms with van der Waals surface area (Å²) < 4.78 is 54.4. The number of allylic oxidation sites excluding steroid dienone is 1. The molecule has 39 heavy (non-hydrogen) atoms. The predicted octanol–water partition coefficient (Wildman–Crippen LogP) is 7.20. The number of nitrogens with one attached hydrogen (secondary N) is 1. The number of carbonyl (C=O) groups is 1. The molecule has 3 aliphatic rings. The van der Waals surface area contributed by atoms with E-state index in [9.17, 15) is 22.4 Å². The summed E-state index contributed by atoms with van der Waals surface area (Å²) in [6, 6.07) is 12.1. The molecule has 1 spiro atoms. The highest BCUT2D eigenvalue weighted by atomic mass is 19.4.